The van der Waals surface area contributed by atoms with E-state index < -0.39 is 12.7 Å². The molecule has 0 spiro atoms. The summed E-state index contributed by atoms with van der Waals surface area (Å²) >= 11 is 0. The number of alkyl halides is 3. The molecule has 0 amide bonds. The van der Waals surface area contributed by atoms with Gasteiger partial charge in [-0.2, -0.15) is 13.2 Å². The Kier molecular flexibility index (Phi) is 4.54. The summed E-state index contributed by atoms with van der Waals surface area (Å²) < 4.78 is 36.7. The van der Waals surface area contributed by atoms with E-state index in [-0.39, 0.29) is 0 Å². The summed E-state index contributed by atoms with van der Waals surface area (Å²) in [5, 5.41) is 0. The van der Waals surface area contributed by atoms with Crippen molar-refractivity contribution in [3.05, 3.63) is 0 Å². The normalized spacial score (nSPS) is 23.5. The predicted molar refractivity (Wildman–Crippen MR) is 67.9 cm³/mol. The molecule has 2 heterocycles. The van der Waals surface area contributed by atoms with Gasteiger partial charge in [-0.25, -0.2) is 0 Å². The number of likely N-dealkylation sites (tertiary alicyclic amines) is 2. The molecule has 2 aliphatic heterocycles. The second-order valence-corrected chi connectivity index (χ2v) is 5.37. The lowest BCUT2D eigenvalue weighted by Gasteiger charge is -2.33. The van der Waals surface area contributed by atoms with Crippen molar-refractivity contribution in [2.45, 2.75) is 25.4 Å². The maximum atomic E-state index is 12.2. The molecule has 0 radical (unpaired) electrons. The molecule has 7 heteroatoms. The fourth-order valence-corrected chi connectivity index (χ4v) is 2.45. The van der Waals surface area contributed by atoms with Gasteiger partial charge in [0.2, 0.25) is 0 Å². The van der Waals surface area contributed by atoms with Crippen molar-refractivity contribution in [1.82, 2.24) is 9.80 Å². The molecule has 2 fully saturated rings. The molecular formula is C12H21F3N4. The van der Waals surface area contributed by atoms with Gasteiger partial charge in [0.15, 0.2) is 5.96 Å². The fourth-order valence-electron chi connectivity index (χ4n) is 2.45. The molecule has 0 aliphatic carbocycles. The number of hydrogen-bond acceptors (Lipinski definition) is 2. The van der Waals surface area contributed by atoms with Gasteiger partial charge in [0.05, 0.1) is 6.54 Å². The zero-order chi connectivity index (χ0) is 13.9. The minimum absolute atomic E-state index is 0.365. The van der Waals surface area contributed by atoms with Crippen LogP contribution in [-0.2, 0) is 0 Å². The third kappa shape index (κ3) is 4.56. The molecular weight excluding hydrogens is 257 g/mol. The molecule has 0 bridgehead atoms. The lowest BCUT2D eigenvalue weighted by molar-refractivity contribution is -0.148. The molecule has 0 unspecified atom stereocenters. The molecule has 4 nitrogen and oxygen atoms in total. The van der Waals surface area contributed by atoms with E-state index in [2.05, 4.69) is 4.99 Å². The van der Waals surface area contributed by atoms with Crippen molar-refractivity contribution in [3.63, 3.8) is 0 Å². The Morgan fingerprint density at radius 1 is 1.16 bits per heavy atom. The molecule has 2 rings (SSSR count). The van der Waals surface area contributed by atoms with E-state index in [9.17, 15) is 13.2 Å². The van der Waals surface area contributed by atoms with Gasteiger partial charge in [-0.15, -0.1) is 0 Å². The molecule has 110 valence electrons. The highest BCUT2D eigenvalue weighted by Gasteiger charge is 2.32. The SMILES string of the molecule is NC(=NCC1CCN(CC(F)(F)F)CC1)N1CCC1. The monoisotopic (exact) mass is 278 g/mol. The van der Waals surface area contributed by atoms with Gasteiger partial charge in [0, 0.05) is 19.6 Å². The molecule has 19 heavy (non-hydrogen) atoms. The number of nitrogens with two attached hydrogens (primary N) is 1. The van der Waals surface area contributed by atoms with Crippen LogP contribution >= 0.6 is 0 Å². The lowest BCUT2D eigenvalue weighted by atomic mass is 9.97. The van der Waals surface area contributed by atoms with Gasteiger partial charge in [-0.3, -0.25) is 9.89 Å². The fraction of sp³-hybridized carbons (Fsp3) is 0.917. The summed E-state index contributed by atoms with van der Waals surface area (Å²) in [4.78, 5) is 7.85. The van der Waals surface area contributed by atoms with E-state index in [1.807, 2.05) is 4.90 Å². The summed E-state index contributed by atoms with van der Waals surface area (Å²) in [5.41, 5.74) is 5.82. The van der Waals surface area contributed by atoms with Gasteiger partial charge < -0.3 is 10.6 Å². The number of nitrogens with zero attached hydrogens (tertiary/aromatic N) is 3. The smallest absolute Gasteiger partial charge is 0.370 e. The van der Waals surface area contributed by atoms with Crippen molar-refractivity contribution < 1.29 is 13.2 Å². The van der Waals surface area contributed by atoms with Crippen LogP contribution in [0.3, 0.4) is 0 Å². The van der Waals surface area contributed by atoms with Crippen LogP contribution in [0.2, 0.25) is 0 Å². The van der Waals surface area contributed by atoms with Crippen molar-refractivity contribution in [3.8, 4) is 0 Å². The van der Waals surface area contributed by atoms with E-state index >= 15 is 0 Å². The zero-order valence-corrected chi connectivity index (χ0v) is 11.0. The molecule has 2 N–H and O–H groups in total. The summed E-state index contributed by atoms with van der Waals surface area (Å²) in [5.74, 6) is 0.952. The molecule has 0 aromatic heterocycles. The summed E-state index contributed by atoms with van der Waals surface area (Å²) in [6.45, 7) is 2.80. The third-order valence-corrected chi connectivity index (χ3v) is 3.80. The maximum absolute atomic E-state index is 12.2. The number of aliphatic imine (C=N–C) groups is 1. The van der Waals surface area contributed by atoms with Crippen LogP contribution in [-0.4, -0.2) is 61.2 Å². The van der Waals surface area contributed by atoms with Gasteiger partial charge in [0.1, 0.15) is 0 Å². The minimum Gasteiger partial charge on any atom is -0.370 e. The largest absolute Gasteiger partial charge is 0.401 e. The number of guanidine groups is 1. The maximum Gasteiger partial charge on any atom is 0.401 e. The molecule has 0 atom stereocenters. The highest BCUT2D eigenvalue weighted by atomic mass is 19.4. The van der Waals surface area contributed by atoms with Gasteiger partial charge >= 0.3 is 6.18 Å². The Morgan fingerprint density at radius 3 is 2.26 bits per heavy atom. The topological polar surface area (TPSA) is 44.9 Å². The van der Waals surface area contributed by atoms with Crippen molar-refractivity contribution in [1.29, 1.82) is 0 Å². The highest BCUT2D eigenvalue weighted by Crippen LogP contribution is 2.22. The standard InChI is InChI=1S/C12H21F3N4/c13-12(14,15)9-18-6-2-10(3-7-18)8-17-11(16)19-4-1-5-19/h10H,1-9H2,(H2,16,17). The van der Waals surface area contributed by atoms with Crippen LogP contribution in [0.5, 0.6) is 0 Å². The first-order valence-corrected chi connectivity index (χ1v) is 6.78. The van der Waals surface area contributed by atoms with Crippen LogP contribution in [0.4, 0.5) is 13.2 Å². The quantitative estimate of drug-likeness (QED) is 0.625. The molecule has 0 aromatic carbocycles. The number of halogens is 3. The Bertz CT molecular complexity index is 317. The first-order chi connectivity index (χ1) is 8.94. The number of hydrogen-bond donors (Lipinski definition) is 1. The van der Waals surface area contributed by atoms with Crippen molar-refractivity contribution in [2.75, 3.05) is 39.3 Å². The molecule has 2 saturated heterocycles. The van der Waals surface area contributed by atoms with E-state index in [1.165, 1.54) is 4.90 Å². The Hall–Kier alpha value is -0.980. The Balaban J connectivity index is 1.68. The second-order valence-electron chi connectivity index (χ2n) is 5.37. The molecule has 0 aromatic rings. The Morgan fingerprint density at radius 2 is 1.79 bits per heavy atom. The first-order valence-electron chi connectivity index (χ1n) is 6.78. The van der Waals surface area contributed by atoms with Gasteiger partial charge in [0.25, 0.3) is 0 Å². The first kappa shape index (κ1) is 14.4. The van der Waals surface area contributed by atoms with Crippen molar-refractivity contribution >= 4 is 5.96 Å². The number of rotatable bonds is 3. The van der Waals surface area contributed by atoms with E-state index in [0.29, 0.717) is 31.5 Å². The van der Waals surface area contributed by atoms with Gasteiger partial charge in [-0.1, -0.05) is 0 Å². The van der Waals surface area contributed by atoms with Crippen LogP contribution < -0.4 is 5.73 Å². The summed E-state index contributed by atoms with van der Waals surface area (Å²) in [6.07, 6.45) is -1.39. The predicted octanol–water partition coefficient (Wildman–Crippen LogP) is 1.28. The van der Waals surface area contributed by atoms with E-state index in [0.717, 1.165) is 32.4 Å². The minimum atomic E-state index is -4.09. The third-order valence-electron chi connectivity index (χ3n) is 3.80. The summed E-state index contributed by atoms with van der Waals surface area (Å²) in [7, 11) is 0. The number of piperidine rings is 1. The second kappa shape index (κ2) is 5.98. The average Bonchev–Trinajstić information content (AvgIpc) is 2.23. The Labute approximate surface area is 111 Å². The van der Waals surface area contributed by atoms with Crippen LogP contribution in [0.25, 0.3) is 0 Å². The average molecular weight is 278 g/mol. The van der Waals surface area contributed by atoms with Gasteiger partial charge in [-0.05, 0) is 38.3 Å². The van der Waals surface area contributed by atoms with E-state index in [4.69, 9.17) is 5.73 Å². The molecule has 0 saturated carbocycles. The molecule has 2 aliphatic rings. The van der Waals surface area contributed by atoms with Crippen LogP contribution in [0.1, 0.15) is 19.3 Å². The van der Waals surface area contributed by atoms with Crippen LogP contribution in [0, 0.1) is 5.92 Å². The van der Waals surface area contributed by atoms with Crippen molar-refractivity contribution in [2.24, 2.45) is 16.6 Å². The highest BCUT2D eigenvalue weighted by molar-refractivity contribution is 5.78. The van der Waals surface area contributed by atoms with E-state index in [1.54, 1.807) is 0 Å². The zero-order valence-electron chi connectivity index (χ0n) is 11.0. The summed E-state index contributed by atoms with van der Waals surface area (Å²) in [6, 6.07) is 0. The lowest BCUT2D eigenvalue weighted by Crippen LogP contribution is -2.46. The van der Waals surface area contributed by atoms with Crippen LogP contribution in [0.15, 0.2) is 4.99 Å².